The summed E-state index contributed by atoms with van der Waals surface area (Å²) < 4.78 is 12.6. The third-order valence-electron chi connectivity index (χ3n) is 3.06. The largest absolute Gasteiger partial charge is 0.351 e. The summed E-state index contributed by atoms with van der Waals surface area (Å²) in [5, 5.41) is 3.29. The Balaban J connectivity index is 1.89. The van der Waals surface area contributed by atoms with E-state index >= 15 is 0 Å². The van der Waals surface area contributed by atoms with Crippen molar-refractivity contribution in [2.45, 2.75) is 51.0 Å². The average molecular weight is 223 g/mol. The summed E-state index contributed by atoms with van der Waals surface area (Å²) in [5.41, 5.74) is 0. The minimum absolute atomic E-state index is 0.386. The molecule has 1 saturated carbocycles. The van der Waals surface area contributed by atoms with Crippen molar-refractivity contribution in [3.05, 3.63) is 18.2 Å². The molecule has 0 radical (unpaired) electrons. The van der Waals surface area contributed by atoms with E-state index in [9.17, 15) is 4.39 Å². The van der Waals surface area contributed by atoms with Crippen molar-refractivity contribution in [2.24, 2.45) is 0 Å². The Labute approximate surface area is 95.5 Å². The summed E-state index contributed by atoms with van der Waals surface area (Å²) >= 11 is 0. The molecule has 88 valence electrons. The molecule has 0 saturated heterocycles. The van der Waals surface area contributed by atoms with E-state index in [-0.39, 0.29) is 5.82 Å². The fraction of sp³-hybridized carbons (Fsp3) is 0.667. The molecule has 0 amide bonds. The van der Waals surface area contributed by atoms with E-state index < -0.39 is 0 Å². The molecule has 1 aromatic heterocycles. The lowest BCUT2D eigenvalue weighted by Crippen LogP contribution is -2.21. The average Bonchev–Trinajstić information content (AvgIpc) is 2.25. The zero-order valence-electron chi connectivity index (χ0n) is 9.45. The molecule has 1 aliphatic rings. The highest BCUT2D eigenvalue weighted by Crippen LogP contribution is 2.19. The fourth-order valence-corrected chi connectivity index (χ4v) is 2.17. The zero-order chi connectivity index (χ0) is 11.2. The molecular formula is C12H18FN3. The number of nitrogens with zero attached hydrogens (tertiary/aromatic N) is 2. The second-order valence-corrected chi connectivity index (χ2v) is 4.41. The topological polar surface area (TPSA) is 37.8 Å². The number of aromatic nitrogens is 2. The number of hydrogen-bond acceptors (Lipinski definition) is 3. The van der Waals surface area contributed by atoms with Crippen molar-refractivity contribution in [3.63, 3.8) is 0 Å². The van der Waals surface area contributed by atoms with Crippen LogP contribution in [0, 0.1) is 5.82 Å². The molecule has 0 atom stereocenters. The van der Waals surface area contributed by atoms with Crippen LogP contribution >= 0.6 is 0 Å². The first-order chi connectivity index (χ1) is 7.84. The van der Waals surface area contributed by atoms with Gasteiger partial charge in [0.05, 0.1) is 12.4 Å². The number of anilines is 1. The van der Waals surface area contributed by atoms with Gasteiger partial charge in [-0.15, -0.1) is 0 Å². The highest BCUT2D eigenvalue weighted by molar-refractivity contribution is 5.24. The smallest absolute Gasteiger partial charge is 0.222 e. The van der Waals surface area contributed by atoms with Crippen molar-refractivity contribution < 1.29 is 4.39 Å². The number of nitrogens with one attached hydrogen (secondary N) is 1. The van der Waals surface area contributed by atoms with Crippen LogP contribution in [0.4, 0.5) is 10.3 Å². The van der Waals surface area contributed by atoms with Crippen molar-refractivity contribution >= 4 is 5.95 Å². The third kappa shape index (κ3) is 3.43. The van der Waals surface area contributed by atoms with Crippen LogP contribution in [0.25, 0.3) is 0 Å². The molecule has 0 aliphatic heterocycles. The van der Waals surface area contributed by atoms with E-state index in [4.69, 9.17) is 0 Å². The molecule has 1 aromatic rings. The van der Waals surface area contributed by atoms with Gasteiger partial charge in [-0.2, -0.15) is 0 Å². The van der Waals surface area contributed by atoms with Gasteiger partial charge >= 0.3 is 0 Å². The predicted molar refractivity (Wildman–Crippen MR) is 61.7 cm³/mol. The van der Waals surface area contributed by atoms with Crippen molar-refractivity contribution in [3.8, 4) is 0 Å². The maximum Gasteiger partial charge on any atom is 0.222 e. The Morgan fingerprint density at radius 1 is 1.00 bits per heavy atom. The SMILES string of the molecule is Fc1cnc(NC2CCCCCCC2)nc1. The van der Waals surface area contributed by atoms with Crippen molar-refractivity contribution in [1.82, 2.24) is 9.97 Å². The van der Waals surface area contributed by atoms with E-state index in [0.717, 1.165) is 0 Å². The van der Waals surface area contributed by atoms with Crippen molar-refractivity contribution in [2.75, 3.05) is 5.32 Å². The third-order valence-corrected chi connectivity index (χ3v) is 3.06. The van der Waals surface area contributed by atoms with Crippen LogP contribution in [-0.4, -0.2) is 16.0 Å². The maximum absolute atomic E-state index is 12.6. The lowest BCUT2D eigenvalue weighted by atomic mass is 9.97. The molecule has 1 N–H and O–H groups in total. The second-order valence-electron chi connectivity index (χ2n) is 4.41. The monoisotopic (exact) mass is 223 g/mol. The minimum atomic E-state index is -0.386. The van der Waals surface area contributed by atoms with Crippen molar-refractivity contribution in [1.29, 1.82) is 0 Å². The summed E-state index contributed by atoms with van der Waals surface area (Å²) in [6.07, 6.45) is 11.3. The summed E-state index contributed by atoms with van der Waals surface area (Å²) in [7, 11) is 0. The Bertz CT molecular complexity index is 305. The predicted octanol–water partition coefficient (Wildman–Crippen LogP) is 3.14. The van der Waals surface area contributed by atoms with Crippen LogP contribution in [0.5, 0.6) is 0 Å². The molecule has 1 fully saturated rings. The number of rotatable bonds is 2. The molecular weight excluding hydrogens is 205 g/mol. The lowest BCUT2D eigenvalue weighted by Gasteiger charge is -2.20. The normalized spacial score (nSPS) is 18.8. The van der Waals surface area contributed by atoms with E-state index in [1.54, 1.807) is 0 Å². The summed E-state index contributed by atoms with van der Waals surface area (Å²) in [4.78, 5) is 7.86. The van der Waals surface area contributed by atoms with Gasteiger partial charge in [-0.3, -0.25) is 0 Å². The van der Waals surface area contributed by atoms with Gasteiger partial charge < -0.3 is 5.32 Å². The van der Waals surface area contributed by atoms with Gasteiger partial charge in [0, 0.05) is 6.04 Å². The van der Waals surface area contributed by atoms with E-state index in [1.165, 1.54) is 57.3 Å². The highest BCUT2D eigenvalue weighted by atomic mass is 19.1. The molecule has 2 rings (SSSR count). The van der Waals surface area contributed by atoms with Crippen LogP contribution in [0.3, 0.4) is 0 Å². The first-order valence-electron chi connectivity index (χ1n) is 6.09. The van der Waals surface area contributed by atoms with E-state index in [2.05, 4.69) is 15.3 Å². The second kappa shape index (κ2) is 5.77. The van der Waals surface area contributed by atoms with Gasteiger partial charge in [0.25, 0.3) is 0 Å². The summed E-state index contributed by atoms with van der Waals surface area (Å²) in [6, 6.07) is 0.450. The Morgan fingerprint density at radius 3 is 2.19 bits per heavy atom. The first-order valence-corrected chi connectivity index (χ1v) is 6.09. The van der Waals surface area contributed by atoms with Gasteiger partial charge in [0.15, 0.2) is 5.82 Å². The zero-order valence-corrected chi connectivity index (χ0v) is 9.45. The maximum atomic E-state index is 12.6. The molecule has 16 heavy (non-hydrogen) atoms. The minimum Gasteiger partial charge on any atom is -0.351 e. The summed E-state index contributed by atoms with van der Waals surface area (Å²) in [5.74, 6) is 0.162. The highest BCUT2D eigenvalue weighted by Gasteiger charge is 2.11. The quantitative estimate of drug-likeness (QED) is 0.837. The molecule has 0 spiro atoms. The number of hydrogen-bond donors (Lipinski definition) is 1. The Kier molecular flexibility index (Phi) is 4.08. The first kappa shape index (κ1) is 11.3. The van der Waals surface area contributed by atoms with Gasteiger partial charge in [-0.25, -0.2) is 14.4 Å². The molecule has 0 bridgehead atoms. The number of halogens is 1. The van der Waals surface area contributed by atoms with E-state index in [1.807, 2.05) is 0 Å². The molecule has 1 heterocycles. The molecule has 0 unspecified atom stereocenters. The van der Waals surface area contributed by atoms with E-state index in [0.29, 0.717) is 12.0 Å². The van der Waals surface area contributed by atoms with Gasteiger partial charge in [-0.1, -0.05) is 32.1 Å². The molecule has 1 aliphatic carbocycles. The van der Waals surface area contributed by atoms with Crippen LogP contribution in [0.1, 0.15) is 44.9 Å². The molecule has 3 nitrogen and oxygen atoms in total. The van der Waals surface area contributed by atoms with Gasteiger partial charge in [-0.05, 0) is 12.8 Å². The van der Waals surface area contributed by atoms with Crippen LogP contribution < -0.4 is 5.32 Å². The standard InChI is InChI=1S/C12H18FN3/c13-10-8-14-12(15-9-10)16-11-6-4-2-1-3-5-7-11/h8-9,11H,1-7H2,(H,14,15,16). The Morgan fingerprint density at radius 2 is 1.56 bits per heavy atom. The van der Waals surface area contributed by atoms with Crippen LogP contribution in [-0.2, 0) is 0 Å². The fourth-order valence-electron chi connectivity index (χ4n) is 2.17. The van der Waals surface area contributed by atoms with Crippen LogP contribution in [0.15, 0.2) is 12.4 Å². The lowest BCUT2D eigenvalue weighted by molar-refractivity contribution is 0.469. The molecule has 0 aromatic carbocycles. The molecule has 4 heteroatoms. The van der Waals surface area contributed by atoms with Gasteiger partial charge in [0.2, 0.25) is 5.95 Å². The van der Waals surface area contributed by atoms with Gasteiger partial charge in [0.1, 0.15) is 0 Å². The summed E-state index contributed by atoms with van der Waals surface area (Å²) in [6.45, 7) is 0. The Hall–Kier alpha value is -1.19. The van der Waals surface area contributed by atoms with Crippen LogP contribution in [0.2, 0.25) is 0 Å².